The second-order valence-corrected chi connectivity index (χ2v) is 7.43. The van der Waals surface area contributed by atoms with E-state index < -0.39 is 23.3 Å². The average molecular weight is 447 g/mol. The Hall–Kier alpha value is -4.47. The summed E-state index contributed by atoms with van der Waals surface area (Å²) in [4.78, 5) is 56.4. The van der Waals surface area contributed by atoms with Gasteiger partial charge in [-0.3, -0.25) is 24.2 Å². The molecule has 4 rings (SSSR count). The number of hydrogen-bond acceptors (Lipinski definition) is 7. The molecular formula is C23H21N5O5. The lowest BCUT2D eigenvalue weighted by Gasteiger charge is -2.23. The van der Waals surface area contributed by atoms with E-state index in [0.29, 0.717) is 22.7 Å². The van der Waals surface area contributed by atoms with Crippen molar-refractivity contribution in [3.8, 4) is 5.75 Å². The van der Waals surface area contributed by atoms with Crippen molar-refractivity contribution >= 4 is 40.7 Å². The zero-order valence-corrected chi connectivity index (χ0v) is 17.9. The Morgan fingerprint density at radius 3 is 2.52 bits per heavy atom. The molecule has 0 radical (unpaired) electrons. The van der Waals surface area contributed by atoms with E-state index in [-0.39, 0.29) is 29.5 Å². The number of hydrogen-bond donors (Lipinski definition) is 4. The molecule has 0 spiro atoms. The van der Waals surface area contributed by atoms with Crippen LogP contribution in [-0.2, 0) is 9.59 Å². The number of anilines is 4. The van der Waals surface area contributed by atoms with Crippen molar-refractivity contribution in [3.63, 3.8) is 0 Å². The predicted molar refractivity (Wildman–Crippen MR) is 122 cm³/mol. The largest absolute Gasteiger partial charge is 0.495 e. The SMILES string of the molecule is COc1ccccc1Nc1nc2c(c(=O)[nH]1)[C@@H](C(=O)Nc1ccc(C(C)=O)cc1)CC(=O)N2. The van der Waals surface area contributed by atoms with Crippen LogP contribution < -0.4 is 26.2 Å². The fourth-order valence-electron chi connectivity index (χ4n) is 3.55. The molecule has 168 valence electrons. The first-order chi connectivity index (χ1) is 15.9. The Morgan fingerprint density at radius 1 is 1.09 bits per heavy atom. The number of methoxy groups -OCH3 is 1. The molecule has 1 aliphatic rings. The van der Waals surface area contributed by atoms with Crippen molar-refractivity contribution in [3.05, 3.63) is 70.0 Å². The lowest BCUT2D eigenvalue weighted by Crippen LogP contribution is -2.36. The second kappa shape index (κ2) is 8.95. The summed E-state index contributed by atoms with van der Waals surface area (Å²) in [5.41, 5.74) is 1.03. The number of nitrogens with one attached hydrogen (secondary N) is 4. The van der Waals surface area contributed by atoms with Crippen LogP contribution >= 0.6 is 0 Å². The van der Waals surface area contributed by atoms with E-state index in [4.69, 9.17) is 4.74 Å². The number of ether oxygens (including phenoxy) is 1. The number of rotatable bonds is 6. The van der Waals surface area contributed by atoms with Crippen molar-refractivity contribution in [2.45, 2.75) is 19.3 Å². The summed E-state index contributed by atoms with van der Waals surface area (Å²) >= 11 is 0. The van der Waals surface area contributed by atoms with E-state index in [1.165, 1.54) is 14.0 Å². The fraction of sp³-hybridized carbons (Fsp3) is 0.174. The van der Waals surface area contributed by atoms with Gasteiger partial charge in [-0.2, -0.15) is 4.98 Å². The van der Waals surface area contributed by atoms with Gasteiger partial charge in [0, 0.05) is 17.7 Å². The third-order valence-corrected chi connectivity index (χ3v) is 5.19. The molecule has 10 heteroatoms. The van der Waals surface area contributed by atoms with Gasteiger partial charge in [0.2, 0.25) is 17.8 Å². The molecule has 1 aliphatic heterocycles. The molecule has 0 saturated carbocycles. The van der Waals surface area contributed by atoms with E-state index >= 15 is 0 Å². The van der Waals surface area contributed by atoms with Gasteiger partial charge in [-0.1, -0.05) is 12.1 Å². The fourth-order valence-corrected chi connectivity index (χ4v) is 3.55. The Morgan fingerprint density at radius 2 is 1.82 bits per heavy atom. The van der Waals surface area contributed by atoms with Crippen molar-refractivity contribution in [2.75, 3.05) is 23.1 Å². The summed E-state index contributed by atoms with van der Waals surface area (Å²) in [6.07, 6.45) is -0.200. The summed E-state index contributed by atoms with van der Waals surface area (Å²) in [7, 11) is 1.51. The molecule has 0 saturated heterocycles. The summed E-state index contributed by atoms with van der Waals surface area (Å²) in [6, 6.07) is 13.4. The molecule has 4 N–H and O–H groups in total. The quantitative estimate of drug-likeness (QED) is 0.426. The molecule has 1 atom stereocenters. The Bertz CT molecular complexity index is 1300. The van der Waals surface area contributed by atoms with Crippen molar-refractivity contribution < 1.29 is 19.1 Å². The number of aromatic nitrogens is 2. The minimum absolute atomic E-state index is 0.0134. The zero-order valence-electron chi connectivity index (χ0n) is 17.9. The number of amides is 2. The number of ketones is 1. The van der Waals surface area contributed by atoms with Gasteiger partial charge in [0.1, 0.15) is 11.6 Å². The van der Waals surface area contributed by atoms with Gasteiger partial charge in [0.15, 0.2) is 5.78 Å². The van der Waals surface area contributed by atoms with Crippen LogP contribution in [0.1, 0.15) is 35.2 Å². The summed E-state index contributed by atoms with van der Waals surface area (Å²) in [5, 5.41) is 8.21. The first-order valence-electron chi connectivity index (χ1n) is 10.1. The number of carbonyl (C=O) groups excluding carboxylic acids is 3. The van der Waals surface area contributed by atoms with Crippen LogP contribution in [0, 0.1) is 0 Å². The highest BCUT2D eigenvalue weighted by atomic mass is 16.5. The Labute approximate surface area is 188 Å². The lowest BCUT2D eigenvalue weighted by atomic mass is 9.92. The first kappa shape index (κ1) is 21.8. The minimum Gasteiger partial charge on any atom is -0.495 e. The predicted octanol–water partition coefficient (Wildman–Crippen LogP) is 2.79. The number of fused-ring (bicyclic) bond motifs is 1. The van der Waals surface area contributed by atoms with E-state index in [9.17, 15) is 19.2 Å². The van der Waals surface area contributed by atoms with Crippen molar-refractivity contribution in [2.24, 2.45) is 0 Å². The number of Topliss-reactive ketones (excluding diaryl/α,β-unsaturated/α-hetero) is 1. The monoisotopic (exact) mass is 447 g/mol. The highest BCUT2D eigenvalue weighted by Crippen LogP contribution is 2.31. The number of H-pyrrole nitrogens is 1. The van der Waals surface area contributed by atoms with E-state index in [2.05, 4.69) is 25.9 Å². The summed E-state index contributed by atoms with van der Waals surface area (Å²) in [5.74, 6) is -1.45. The van der Waals surface area contributed by atoms with Gasteiger partial charge in [-0.05, 0) is 43.3 Å². The standard InChI is InChI=1S/C23H21N5O5/c1-12(29)13-7-9-14(10-8-13)24-21(31)15-11-18(30)26-20-19(15)22(32)28-23(27-20)25-16-5-3-4-6-17(16)33-2/h3-10,15H,11H2,1-2H3,(H,24,31)(H3,25,26,27,28,30,32)/t15-/m0/s1. The molecule has 2 amide bonds. The molecular weight excluding hydrogens is 426 g/mol. The maximum atomic E-state index is 12.9. The maximum absolute atomic E-state index is 12.9. The third kappa shape index (κ3) is 4.59. The molecule has 2 heterocycles. The molecule has 10 nitrogen and oxygen atoms in total. The van der Waals surface area contributed by atoms with Crippen molar-refractivity contribution in [1.82, 2.24) is 9.97 Å². The highest BCUT2D eigenvalue weighted by molar-refractivity contribution is 6.04. The number of carbonyl (C=O) groups is 3. The summed E-state index contributed by atoms with van der Waals surface area (Å²) < 4.78 is 5.28. The molecule has 2 aromatic carbocycles. The van der Waals surface area contributed by atoms with Gasteiger partial charge >= 0.3 is 0 Å². The number of para-hydroxylation sites is 2. The maximum Gasteiger partial charge on any atom is 0.258 e. The first-order valence-corrected chi connectivity index (χ1v) is 10.1. The van der Waals surface area contributed by atoms with Crippen LogP contribution in [-0.4, -0.2) is 34.7 Å². The second-order valence-electron chi connectivity index (χ2n) is 7.43. The van der Waals surface area contributed by atoms with E-state index in [0.717, 1.165) is 0 Å². The molecule has 3 aromatic rings. The van der Waals surface area contributed by atoms with Gasteiger partial charge < -0.3 is 20.7 Å². The Kier molecular flexibility index (Phi) is 5.90. The molecule has 0 fully saturated rings. The van der Waals surface area contributed by atoms with Gasteiger partial charge in [0.25, 0.3) is 5.56 Å². The Balaban J connectivity index is 1.61. The summed E-state index contributed by atoms with van der Waals surface area (Å²) in [6.45, 7) is 1.45. The topological polar surface area (TPSA) is 142 Å². The van der Waals surface area contributed by atoms with Gasteiger partial charge in [-0.25, -0.2) is 0 Å². The highest BCUT2D eigenvalue weighted by Gasteiger charge is 2.34. The zero-order chi connectivity index (χ0) is 23.5. The number of aromatic amines is 1. The van der Waals surface area contributed by atoms with E-state index in [1.807, 2.05) is 0 Å². The van der Waals surface area contributed by atoms with Crippen LogP contribution in [0.15, 0.2) is 53.3 Å². The lowest BCUT2D eigenvalue weighted by molar-refractivity contribution is -0.123. The molecule has 0 aliphatic carbocycles. The normalized spacial score (nSPS) is 14.6. The van der Waals surface area contributed by atoms with E-state index in [1.54, 1.807) is 48.5 Å². The third-order valence-electron chi connectivity index (χ3n) is 5.19. The molecule has 0 unspecified atom stereocenters. The molecule has 0 bridgehead atoms. The van der Waals surface area contributed by atoms with Crippen LogP contribution in [0.2, 0.25) is 0 Å². The van der Waals surface area contributed by atoms with Crippen LogP contribution in [0.25, 0.3) is 0 Å². The smallest absolute Gasteiger partial charge is 0.258 e. The van der Waals surface area contributed by atoms with Crippen molar-refractivity contribution in [1.29, 1.82) is 0 Å². The van der Waals surface area contributed by atoms with Gasteiger partial charge in [0.05, 0.1) is 24.3 Å². The van der Waals surface area contributed by atoms with Crippen LogP contribution in [0.3, 0.4) is 0 Å². The number of nitrogens with zero attached hydrogens (tertiary/aromatic N) is 1. The van der Waals surface area contributed by atoms with Gasteiger partial charge in [-0.15, -0.1) is 0 Å². The number of benzene rings is 2. The molecule has 33 heavy (non-hydrogen) atoms. The van der Waals surface area contributed by atoms with Crippen LogP contribution in [0.5, 0.6) is 5.75 Å². The average Bonchev–Trinajstić information content (AvgIpc) is 2.79. The van der Waals surface area contributed by atoms with Crippen LogP contribution in [0.4, 0.5) is 23.1 Å². The molecule has 1 aromatic heterocycles. The minimum atomic E-state index is -1.03.